The van der Waals surface area contributed by atoms with Gasteiger partial charge < -0.3 is 14.4 Å². The highest BCUT2D eigenvalue weighted by atomic mass is 16.5. The fourth-order valence-corrected chi connectivity index (χ4v) is 3.92. The van der Waals surface area contributed by atoms with E-state index in [4.69, 9.17) is 9.47 Å². The Hall–Kier alpha value is -3.06. The number of methoxy groups -OCH3 is 1. The van der Waals surface area contributed by atoms with Crippen molar-refractivity contribution in [2.75, 3.05) is 51.3 Å². The third kappa shape index (κ3) is 5.98. The van der Waals surface area contributed by atoms with E-state index in [-0.39, 0.29) is 0 Å². The fourth-order valence-electron chi connectivity index (χ4n) is 3.92. The molecule has 1 fully saturated rings. The van der Waals surface area contributed by atoms with Crippen LogP contribution in [0.15, 0.2) is 61.2 Å². The maximum atomic E-state index is 5.91. The lowest BCUT2D eigenvalue weighted by Gasteiger charge is -2.36. The van der Waals surface area contributed by atoms with Crippen molar-refractivity contribution in [2.24, 2.45) is 0 Å². The standard InChI is InChI=1S/C24H31N5O2/c1-30-24-7-3-2-6-23(24)28-15-13-27(14-16-28)12-4-5-17-31-22-10-8-21(9-11-22)18-29-20-25-19-26-29/h2-3,6-11,19-20H,4-5,12-18H2,1H3. The Morgan fingerprint density at radius 1 is 0.935 bits per heavy atom. The van der Waals surface area contributed by atoms with Crippen molar-refractivity contribution in [1.82, 2.24) is 19.7 Å². The van der Waals surface area contributed by atoms with Crippen molar-refractivity contribution < 1.29 is 9.47 Å². The Kier molecular flexibility index (Phi) is 7.39. The average molecular weight is 422 g/mol. The predicted molar refractivity (Wildman–Crippen MR) is 122 cm³/mol. The van der Waals surface area contributed by atoms with Crippen molar-refractivity contribution in [2.45, 2.75) is 19.4 Å². The second-order valence-corrected chi connectivity index (χ2v) is 7.79. The van der Waals surface area contributed by atoms with Crippen LogP contribution in [0, 0.1) is 0 Å². The fraction of sp³-hybridized carbons (Fsp3) is 0.417. The van der Waals surface area contributed by atoms with Gasteiger partial charge in [-0.2, -0.15) is 5.10 Å². The highest BCUT2D eigenvalue weighted by Crippen LogP contribution is 2.28. The van der Waals surface area contributed by atoms with Gasteiger partial charge in [0.2, 0.25) is 0 Å². The van der Waals surface area contributed by atoms with Gasteiger partial charge in [0.15, 0.2) is 0 Å². The maximum absolute atomic E-state index is 5.91. The molecule has 31 heavy (non-hydrogen) atoms. The van der Waals surface area contributed by atoms with Gasteiger partial charge in [-0.25, -0.2) is 9.67 Å². The molecular formula is C24H31N5O2. The van der Waals surface area contributed by atoms with Crippen molar-refractivity contribution in [3.05, 3.63) is 66.7 Å². The number of nitrogens with zero attached hydrogens (tertiary/aromatic N) is 5. The first-order valence-corrected chi connectivity index (χ1v) is 11.0. The van der Waals surface area contributed by atoms with Gasteiger partial charge in [-0.3, -0.25) is 4.90 Å². The Labute approximate surface area is 184 Å². The molecular weight excluding hydrogens is 390 g/mol. The van der Waals surface area contributed by atoms with Gasteiger partial charge in [0.1, 0.15) is 24.2 Å². The zero-order valence-corrected chi connectivity index (χ0v) is 18.2. The highest BCUT2D eigenvalue weighted by Gasteiger charge is 2.19. The van der Waals surface area contributed by atoms with Gasteiger partial charge in [-0.15, -0.1) is 0 Å². The molecule has 7 nitrogen and oxygen atoms in total. The second kappa shape index (κ2) is 10.8. The molecule has 2 aromatic carbocycles. The number of piperazine rings is 1. The first kappa shape index (κ1) is 21.2. The summed E-state index contributed by atoms with van der Waals surface area (Å²) >= 11 is 0. The largest absolute Gasteiger partial charge is 0.495 e. The minimum atomic E-state index is 0.727. The molecule has 0 aliphatic carbocycles. The Morgan fingerprint density at radius 3 is 2.48 bits per heavy atom. The van der Waals surface area contributed by atoms with Crippen LogP contribution >= 0.6 is 0 Å². The summed E-state index contributed by atoms with van der Waals surface area (Å²) in [4.78, 5) is 8.94. The number of hydrogen-bond donors (Lipinski definition) is 0. The van der Waals surface area contributed by atoms with Crippen LogP contribution in [0.1, 0.15) is 18.4 Å². The number of aromatic nitrogens is 3. The molecule has 0 atom stereocenters. The van der Waals surface area contributed by atoms with Crippen molar-refractivity contribution >= 4 is 5.69 Å². The van der Waals surface area contributed by atoms with E-state index in [9.17, 15) is 0 Å². The van der Waals surface area contributed by atoms with Crippen LogP contribution in [0.2, 0.25) is 0 Å². The minimum Gasteiger partial charge on any atom is -0.495 e. The van der Waals surface area contributed by atoms with Crippen LogP contribution in [0.5, 0.6) is 11.5 Å². The molecule has 0 N–H and O–H groups in total. The summed E-state index contributed by atoms with van der Waals surface area (Å²) < 4.78 is 13.2. The summed E-state index contributed by atoms with van der Waals surface area (Å²) in [6, 6.07) is 16.5. The minimum absolute atomic E-state index is 0.727. The number of para-hydroxylation sites is 2. The molecule has 164 valence electrons. The molecule has 1 saturated heterocycles. The molecule has 0 amide bonds. The molecule has 0 saturated carbocycles. The highest BCUT2D eigenvalue weighted by molar-refractivity contribution is 5.58. The Morgan fingerprint density at radius 2 is 1.74 bits per heavy atom. The molecule has 1 aliphatic rings. The molecule has 1 aliphatic heterocycles. The Bertz CT molecular complexity index is 906. The lowest BCUT2D eigenvalue weighted by atomic mass is 10.2. The van der Waals surface area contributed by atoms with Crippen LogP contribution in [-0.2, 0) is 6.54 Å². The van der Waals surface area contributed by atoms with Crippen molar-refractivity contribution in [1.29, 1.82) is 0 Å². The third-order valence-electron chi connectivity index (χ3n) is 5.67. The van der Waals surface area contributed by atoms with Gasteiger partial charge in [0, 0.05) is 26.2 Å². The molecule has 0 radical (unpaired) electrons. The zero-order chi connectivity index (χ0) is 21.3. The van der Waals surface area contributed by atoms with E-state index in [1.165, 1.54) is 11.3 Å². The van der Waals surface area contributed by atoms with Crippen molar-refractivity contribution in [3.8, 4) is 11.5 Å². The normalized spacial score (nSPS) is 14.5. The average Bonchev–Trinajstić information content (AvgIpc) is 3.33. The van der Waals surface area contributed by atoms with E-state index < -0.39 is 0 Å². The predicted octanol–water partition coefficient (Wildman–Crippen LogP) is 3.32. The zero-order valence-electron chi connectivity index (χ0n) is 18.2. The van der Waals surface area contributed by atoms with Crippen LogP contribution in [0.25, 0.3) is 0 Å². The lowest BCUT2D eigenvalue weighted by Crippen LogP contribution is -2.46. The Balaban J connectivity index is 1.11. The van der Waals surface area contributed by atoms with E-state index in [0.717, 1.165) is 70.2 Å². The first-order valence-electron chi connectivity index (χ1n) is 11.0. The summed E-state index contributed by atoms with van der Waals surface area (Å²) in [6.07, 6.45) is 5.49. The summed E-state index contributed by atoms with van der Waals surface area (Å²) in [5, 5.41) is 4.13. The molecule has 1 aromatic heterocycles. The van der Waals surface area contributed by atoms with Gasteiger partial charge in [0.25, 0.3) is 0 Å². The maximum Gasteiger partial charge on any atom is 0.142 e. The molecule has 7 heteroatoms. The third-order valence-corrected chi connectivity index (χ3v) is 5.67. The lowest BCUT2D eigenvalue weighted by molar-refractivity contribution is 0.238. The molecule has 4 rings (SSSR count). The van der Waals surface area contributed by atoms with E-state index in [1.54, 1.807) is 19.8 Å². The second-order valence-electron chi connectivity index (χ2n) is 7.79. The van der Waals surface area contributed by atoms with Crippen LogP contribution in [0.3, 0.4) is 0 Å². The first-order chi connectivity index (χ1) is 15.3. The van der Waals surface area contributed by atoms with E-state index in [1.807, 2.05) is 28.9 Å². The quantitative estimate of drug-likeness (QED) is 0.468. The van der Waals surface area contributed by atoms with Gasteiger partial charge in [0.05, 0.1) is 25.9 Å². The SMILES string of the molecule is COc1ccccc1N1CCN(CCCCOc2ccc(Cn3cncn3)cc2)CC1. The van der Waals surface area contributed by atoms with E-state index in [0.29, 0.717) is 0 Å². The monoisotopic (exact) mass is 421 g/mol. The molecule has 3 aromatic rings. The van der Waals surface area contributed by atoms with Crippen LogP contribution in [-0.4, -0.2) is 66.1 Å². The molecule has 0 spiro atoms. The number of rotatable bonds is 10. The number of ether oxygens (including phenoxy) is 2. The van der Waals surface area contributed by atoms with Crippen LogP contribution < -0.4 is 14.4 Å². The van der Waals surface area contributed by atoms with Crippen molar-refractivity contribution in [3.63, 3.8) is 0 Å². The number of hydrogen-bond acceptors (Lipinski definition) is 6. The number of anilines is 1. The summed E-state index contributed by atoms with van der Waals surface area (Å²) in [5.74, 6) is 1.88. The van der Waals surface area contributed by atoms with Gasteiger partial charge in [-0.05, 0) is 49.2 Å². The van der Waals surface area contributed by atoms with Crippen LogP contribution in [0.4, 0.5) is 5.69 Å². The molecule has 0 bridgehead atoms. The van der Waals surface area contributed by atoms with Gasteiger partial charge >= 0.3 is 0 Å². The summed E-state index contributed by atoms with van der Waals surface area (Å²) in [6.45, 7) is 6.86. The topological polar surface area (TPSA) is 55.7 Å². The number of unbranched alkanes of at least 4 members (excludes halogenated alkanes) is 1. The summed E-state index contributed by atoms with van der Waals surface area (Å²) in [5.41, 5.74) is 2.38. The summed E-state index contributed by atoms with van der Waals surface area (Å²) in [7, 11) is 1.74. The molecule has 2 heterocycles. The smallest absolute Gasteiger partial charge is 0.142 e. The van der Waals surface area contributed by atoms with Gasteiger partial charge in [-0.1, -0.05) is 24.3 Å². The van der Waals surface area contributed by atoms with E-state index in [2.05, 4.69) is 44.1 Å². The van der Waals surface area contributed by atoms with E-state index >= 15 is 0 Å². The molecule has 0 unspecified atom stereocenters. The number of benzene rings is 2.